The van der Waals surface area contributed by atoms with Crippen molar-refractivity contribution < 1.29 is 8.78 Å². The Balaban J connectivity index is 1.33. The first-order chi connectivity index (χ1) is 18.2. The molecule has 1 saturated heterocycles. The van der Waals surface area contributed by atoms with E-state index in [2.05, 4.69) is 44.0 Å². The van der Waals surface area contributed by atoms with E-state index < -0.39 is 11.6 Å². The third-order valence-electron chi connectivity index (χ3n) is 7.42. The lowest BCUT2D eigenvalue weighted by molar-refractivity contribution is 0.149. The maximum absolute atomic E-state index is 15.0. The predicted octanol–water partition coefficient (Wildman–Crippen LogP) is 6.46. The first-order valence-corrected chi connectivity index (χ1v) is 13.4. The maximum Gasteiger partial charge on any atom is 0.227 e. The molecular weight excluding hydrogens is 484 g/mol. The van der Waals surface area contributed by atoms with E-state index in [-0.39, 0.29) is 23.2 Å². The molecule has 1 aromatic carbocycles. The molecule has 4 heterocycles. The van der Waals surface area contributed by atoms with Crippen molar-refractivity contribution >= 4 is 22.7 Å². The molecule has 1 fully saturated rings. The minimum atomic E-state index is -0.626. The minimum Gasteiger partial charge on any atom is -0.326 e. The molecule has 9 heteroatoms. The van der Waals surface area contributed by atoms with Gasteiger partial charge in [0, 0.05) is 23.3 Å². The first-order valence-electron chi connectivity index (χ1n) is 13.4. The van der Waals surface area contributed by atoms with Gasteiger partial charge in [0.25, 0.3) is 0 Å². The number of nitrogens with zero attached hydrogens (tertiary/aromatic N) is 6. The van der Waals surface area contributed by atoms with Gasteiger partial charge in [-0.15, -0.1) is 0 Å². The number of rotatable bonds is 7. The van der Waals surface area contributed by atoms with E-state index in [9.17, 15) is 8.78 Å². The molecule has 1 N–H and O–H groups in total. The number of pyridine rings is 1. The number of fused-ring (bicyclic) bond motifs is 1. The Hall–Kier alpha value is -3.46. The second kappa shape index (κ2) is 10.7. The van der Waals surface area contributed by atoms with Crippen LogP contribution in [0.5, 0.6) is 0 Å². The van der Waals surface area contributed by atoms with Gasteiger partial charge < -0.3 is 14.8 Å². The summed E-state index contributed by atoms with van der Waals surface area (Å²) in [6, 6.07) is 7.63. The highest BCUT2D eigenvalue weighted by molar-refractivity contribution is 5.83. The van der Waals surface area contributed by atoms with Gasteiger partial charge in [-0.3, -0.25) is 4.98 Å². The number of halogens is 2. The molecule has 0 bridgehead atoms. The molecule has 0 saturated carbocycles. The van der Waals surface area contributed by atoms with Crippen molar-refractivity contribution in [3.05, 3.63) is 59.8 Å². The zero-order chi connectivity index (χ0) is 27.0. The minimum absolute atomic E-state index is 0.0229. The van der Waals surface area contributed by atoms with Crippen LogP contribution in [0.1, 0.15) is 58.1 Å². The predicted molar refractivity (Wildman–Crippen MR) is 146 cm³/mol. The van der Waals surface area contributed by atoms with Gasteiger partial charge >= 0.3 is 0 Å². The first kappa shape index (κ1) is 26.2. The van der Waals surface area contributed by atoms with Crippen LogP contribution in [0.2, 0.25) is 0 Å². The van der Waals surface area contributed by atoms with E-state index in [1.54, 1.807) is 12.3 Å². The highest BCUT2D eigenvalue weighted by Crippen LogP contribution is 2.30. The zero-order valence-electron chi connectivity index (χ0n) is 22.7. The van der Waals surface area contributed by atoms with Crippen LogP contribution in [-0.4, -0.2) is 48.5 Å². The fourth-order valence-corrected chi connectivity index (χ4v) is 5.40. The Morgan fingerprint density at radius 1 is 0.947 bits per heavy atom. The Kier molecular flexibility index (Phi) is 7.38. The standard InChI is InChI=1S/C29H35F2N7/c1-17(2)37-10-8-20(9-11-37)12-22-6-7-23(15-32-22)35-29-33-16-25(31)27(36-29)21-13-24(30)28-26(14-21)38(18(3)4)19(5)34-28/h6-7,13-18,20H,8-12H2,1-5H3,(H,33,35,36). The van der Waals surface area contributed by atoms with Crippen molar-refractivity contribution in [3.8, 4) is 11.3 Å². The number of hydrogen-bond acceptors (Lipinski definition) is 6. The van der Waals surface area contributed by atoms with Crippen LogP contribution in [0, 0.1) is 24.5 Å². The summed E-state index contributed by atoms with van der Waals surface area (Å²) in [7, 11) is 0. The third-order valence-corrected chi connectivity index (χ3v) is 7.42. The molecule has 5 rings (SSSR count). The largest absolute Gasteiger partial charge is 0.326 e. The molecular formula is C29H35F2N7. The van der Waals surface area contributed by atoms with E-state index in [4.69, 9.17) is 0 Å². The summed E-state index contributed by atoms with van der Waals surface area (Å²) in [6.45, 7) is 12.6. The van der Waals surface area contributed by atoms with Crippen molar-refractivity contribution in [3.63, 3.8) is 0 Å². The van der Waals surface area contributed by atoms with Crippen LogP contribution in [0.4, 0.5) is 20.4 Å². The summed E-state index contributed by atoms with van der Waals surface area (Å²) in [5, 5.41) is 3.11. The Labute approximate surface area is 222 Å². The molecule has 1 aliphatic heterocycles. The van der Waals surface area contributed by atoms with Gasteiger partial charge in [0.15, 0.2) is 11.6 Å². The molecule has 0 amide bonds. The van der Waals surface area contributed by atoms with Crippen LogP contribution >= 0.6 is 0 Å². The molecule has 4 aromatic rings. The average Bonchev–Trinajstić information content (AvgIpc) is 3.23. The second-order valence-electron chi connectivity index (χ2n) is 10.8. The average molecular weight is 520 g/mol. The summed E-state index contributed by atoms with van der Waals surface area (Å²) in [5.41, 5.74) is 2.99. The van der Waals surface area contributed by atoms with Gasteiger partial charge in [-0.05, 0) is 97.2 Å². The van der Waals surface area contributed by atoms with Gasteiger partial charge in [0.05, 0.1) is 23.6 Å². The fraction of sp³-hybridized carbons (Fsp3) is 0.448. The zero-order valence-corrected chi connectivity index (χ0v) is 22.7. The van der Waals surface area contributed by atoms with Crippen LogP contribution in [0.15, 0.2) is 36.7 Å². The van der Waals surface area contributed by atoms with E-state index in [1.165, 1.54) is 18.9 Å². The van der Waals surface area contributed by atoms with Crippen LogP contribution < -0.4 is 5.32 Å². The third kappa shape index (κ3) is 5.38. The molecule has 1 aliphatic rings. The number of piperidine rings is 1. The molecule has 200 valence electrons. The number of anilines is 2. The van der Waals surface area contributed by atoms with Crippen molar-refractivity contribution in [2.75, 3.05) is 18.4 Å². The molecule has 7 nitrogen and oxygen atoms in total. The van der Waals surface area contributed by atoms with Crippen molar-refractivity contribution in [1.82, 2.24) is 29.4 Å². The van der Waals surface area contributed by atoms with Gasteiger partial charge in [0.2, 0.25) is 5.95 Å². The fourth-order valence-electron chi connectivity index (χ4n) is 5.40. The normalized spacial score (nSPS) is 15.2. The molecule has 0 spiro atoms. The van der Waals surface area contributed by atoms with Crippen molar-refractivity contribution in [1.29, 1.82) is 0 Å². The summed E-state index contributed by atoms with van der Waals surface area (Å²) >= 11 is 0. The number of hydrogen-bond donors (Lipinski definition) is 1. The molecule has 0 radical (unpaired) electrons. The topological polar surface area (TPSA) is 71.8 Å². The summed E-state index contributed by atoms with van der Waals surface area (Å²) in [6.07, 6.45) is 6.19. The number of imidazole rings is 1. The molecule has 0 atom stereocenters. The SMILES string of the molecule is Cc1nc2c(F)cc(-c3nc(Nc4ccc(CC5CCN(C(C)C)CC5)nc4)ncc3F)cc2n1C(C)C. The molecule has 3 aromatic heterocycles. The number of nitrogens with one attached hydrogen (secondary N) is 1. The van der Waals surface area contributed by atoms with E-state index in [1.807, 2.05) is 37.5 Å². The van der Waals surface area contributed by atoms with Crippen molar-refractivity contribution in [2.24, 2.45) is 5.92 Å². The van der Waals surface area contributed by atoms with Gasteiger partial charge in [-0.1, -0.05) is 0 Å². The lowest BCUT2D eigenvalue weighted by atomic mass is 9.91. The van der Waals surface area contributed by atoms with E-state index in [0.717, 1.165) is 31.4 Å². The monoisotopic (exact) mass is 519 g/mol. The van der Waals surface area contributed by atoms with Crippen molar-refractivity contribution in [2.45, 2.75) is 66.0 Å². The van der Waals surface area contributed by atoms with Crippen LogP contribution in [0.3, 0.4) is 0 Å². The molecule has 0 unspecified atom stereocenters. The molecule has 38 heavy (non-hydrogen) atoms. The number of aromatic nitrogens is 5. The van der Waals surface area contributed by atoms with Crippen LogP contribution in [-0.2, 0) is 6.42 Å². The summed E-state index contributed by atoms with van der Waals surface area (Å²) in [4.78, 5) is 20.0. The van der Waals surface area contributed by atoms with E-state index in [0.29, 0.717) is 34.6 Å². The van der Waals surface area contributed by atoms with Gasteiger partial charge in [0.1, 0.15) is 17.0 Å². The lowest BCUT2D eigenvalue weighted by Crippen LogP contribution is -2.38. The number of likely N-dealkylation sites (tertiary alicyclic amines) is 1. The summed E-state index contributed by atoms with van der Waals surface area (Å²) < 4.78 is 31.7. The van der Waals surface area contributed by atoms with Gasteiger partial charge in [-0.25, -0.2) is 23.7 Å². The van der Waals surface area contributed by atoms with Gasteiger partial charge in [-0.2, -0.15) is 0 Å². The quantitative estimate of drug-likeness (QED) is 0.302. The van der Waals surface area contributed by atoms with E-state index >= 15 is 0 Å². The number of benzene rings is 1. The number of aryl methyl sites for hydroxylation is 1. The smallest absolute Gasteiger partial charge is 0.227 e. The van der Waals surface area contributed by atoms with Crippen LogP contribution in [0.25, 0.3) is 22.3 Å². The molecule has 0 aliphatic carbocycles. The lowest BCUT2D eigenvalue weighted by Gasteiger charge is -2.34. The maximum atomic E-state index is 15.0. The Morgan fingerprint density at radius 3 is 2.37 bits per heavy atom. The Morgan fingerprint density at radius 2 is 1.71 bits per heavy atom. The summed E-state index contributed by atoms with van der Waals surface area (Å²) in [5.74, 6) is 0.424. The Bertz CT molecular complexity index is 1420. The highest BCUT2D eigenvalue weighted by Gasteiger charge is 2.22. The second-order valence-corrected chi connectivity index (χ2v) is 10.8. The highest BCUT2D eigenvalue weighted by atomic mass is 19.1.